The molecule has 0 saturated carbocycles. The number of pyridine rings is 1. The number of ether oxygens (including phenoxy) is 3. The third-order valence-corrected chi connectivity index (χ3v) is 5.59. The quantitative estimate of drug-likeness (QED) is 0.236. The van der Waals surface area contributed by atoms with Crippen molar-refractivity contribution in [3.8, 4) is 22.8 Å². The van der Waals surface area contributed by atoms with Crippen LogP contribution in [0.5, 0.6) is 11.5 Å². The average molecular weight is 506 g/mol. The second-order valence-electron chi connectivity index (χ2n) is 7.15. The second kappa shape index (κ2) is 9.83. The molecule has 1 aromatic heterocycles. The number of aromatic nitrogens is 1. The number of nitrogens with zero attached hydrogens (tertiary/aromatic N) is 1. The summed E-state index contributed by atoms with van der Waals surface area (Å²) in [5.74, 6) is 0.253. The first kappa shape index (κ1) is 22.5. The summed E-state index contributed by atoms with van der Waals surface area (Å²) in [7, 11) is 3.12. The van der Waals surface area contributed by atoms with E-state index in [0.29, 0.717) is 39.2 Å². The van der Waals surface area contributed by atoms with Gasteiger partial charge < -0.3 is 14.2 Å². The Morgan fingerprint density at radius 2 is 1.67 bits per heavy atom. The maximum atomic E-state index is 13.0. The SMILES string of the molecule is COc1ccc(-c2cc(C(=O)OCC(=O)c3cccc(Br)c3)c3ccccc3n2)cc1OC. The maximum absolute atomic E-state index is 13.0. The number of rotatable bonds is 7. The molecular formula is C26H20BrNO5. The Balaban J connectivity index is 1.67. The number of Topliss-reactive ketones (excluding diaryl/α,β-unsaturated/α-hetero) is 1. The lowest BCUT2D eigenvalue weighted by Gasteiger charge is -2.12. The van der Waals surface area contributed by atoms with Crippen molar-refractivity contribution >= 4 is 38.6 Å². The van der Waals surface area contributed by atoms with Crippen molar-refractivity contribution in [2.45, 2.75) is 0 Å². The van der Waals surface area contributed by atoms with E-state index in [0.717, 1.165) is 10.0 Å². The minimum atomic E-state index is -0.598. The van der Waals surface area contributed by atoms with Crippen molar-refractivity contribution in [2.24, 2.45) is 0 Å². The van der Waals surface area contributed by atoms with Crippen molar-refractivity contribution in [1.82, 2.24) is 4.98 Å². The summed E-state index contributed by atoms with van der Waals surface area (Å²) in [6.45, 7) is -0.363. The zero-order valence-corrected chi connectivity index (χ0v) is 19.6. The molecule has 4 rings (SSSR count). The number of para-hydroxylation sites is 1. The molecular weight excluding hydrogens is 486 g/mol. The van der Waals surface area contributed by atoms with Crippen LogP contribution in [-0.4, -0.2) is 37.6 Å². The number of carbonyl (C=O) groups excluding carboxylic acids is 2. The highest BCUT2D eigenvalue weighted by Crippen LogP contribution is 2.33. The molecule has 0 amide bonds. The first-order valence-corrected chi connectivity index (χ1v) is 10.9. The molecule has 0 N–H and O–H groups in total. The molecule has 0 fully saturated rings. The van der Waals surface area contributed by atoms with Gasteiger partial charge in [0.25, 0.3) is 0 Å². The minimum Gasteiger partial charge on any atom is -0.493 e. The Morgan fingerprint density at radius 3 is 2.42 bits per heavy atom. The Bertz CT molecular complexity index is 1350. The monoisotopic (exact) mass is 505 g/mol. The fraction of sp³-hybridized carbons (Fsp3) is 0.115. The molecule has 0 radical (unpaired) electrons. The second-order valence-corrected chi connectivity index (χ2v) is 8.07. The topological polar surface area (TPSA) is 74.7 Å². The number of ketones is 1. The number of fused-ring (bicyclic) bond motifs is 1. The van der Waals surface area contributed by atoms with Crippen LogP contribution in [0.3, 0.4) is 0 Å². The van der Waals surface area contributed by atoms with E-state index in [4.69, 9.17) is 19.2 Å². The molecule has 0 bridgehead atoms. The van der Waals surface area contributed by atoms with Crippen molar-refractivity contribution in [2.75, 3.05) is 20.8 Å². The van der Waals surface area contributed by atoms with Crippen LogP contribution < -0.4 is 9.47 Å². The molecule has 6 nitrogen and oxygen atoms in total. The van der Waals surface area contributed by atoms with E-state index >= 15 is 0 Å². The van der Waals surface area contributed by atoms with Gasteiger partial charge in [-0.25, -0.2) is 9.78 Å². The lowest BCUT2D eigenvalue weighted by atomic mass is 10.0. The Kier molecular flexibility index (Phi) is 6.70. The first-order chi connectivity index (χ1) is 16.0. The maximum Gasteiger partial charge on any atom is 0.339 e. The highest BCUT2D eigenvalue weighted by molar-refractivity contribution is 9.10. The first-order valence-electron chi connectivity index (χ1n) is 10.1. The zero-order chi connectivity index (χ0) is 23.4. The molecule has 4 aromatic rings. The number of esters is 1. The normalized spacial score (nSPS) is 10.6. The molecule has 0 aliphatic heterocycles. The van der Waals surface area contributed by atoms with Gasteiger partial charge in [0.15, 0.2) is 23.9 Å². The predicted molar refractivity (Wildman–Crippen MR) is 129 cm³/mol. The van der Waals surface area contributed by atoms with Crippen molar-refractivity contribution in [3.05, 3.63) is 88.4 Å². The van der Waals surface area contributed by atoms with Crippen LogP contribution in [-0.2, 0) is 4.74 Å². The van der Waals surface area contributed by atoms with Gasteiger partial charge in [-0.05, 0) is 42.5 Å². The minimum absolute atomic E-state index is 0.289. The standard InChI is InChI=1S/C26H20BrNO5/c1-31-24-11-10-16(13-25(24)32-2)22-14-20(19-8-3-4-9-21(19)28-22)26(30)33-15-23(29)17-6-5-7-18(27)12-17/h3-14H,15H2,1-2H3. The number of halogens is 1. The van der Waals surface area contributed by atoms with E-state index in [1.54, 1.807) is 56.7 Å². The van der Waals surface area contributed by atoms with Gasteiger partial charge in [0.2, 0.25) is 0 Å². The summed E-state index contributed by atoms with van der Waals surface area (Å²) >= 11 is 3.34. The Labute approximate surface area is 199 Å². The summed E-state index contributed by atoms with van der Waals surface area (Å²) in [5.41, 5.74) is 2.74. The number of benzene rings is 3. The van der Waals surface area contributed by atoms with Crippen LogP contribution >= 0.6 is 15.9 Å². The predicted octanol–water partition coefficient (Wildman–Crippen LogP) is 5.72. The van der Waals surface area contributed by atoms with Crippen molar-refractivity contribution in [3.63, 3.8) is 0 Å². The summed E-state index contributed by atoms with van der Waals surface area (Å²) in [5, 5.41) is 0.640. The van der Waals surface area contributed by atoms with Crippen LogP contribution in [0.2, 0.25) is 0 Å². The summed E-state index contributed by atoms with van der Waals surface area (Å²) in [6, 6.07) is 21.3. The third kappa shape index (κ3) is 4.88. The molecule has 0 aliphatic rings. The fourth-order valence-electron chi connectivity index (χ4n) is 3.44. The van der Waals surface area contributed by atoms with Gasteiger partial charge in [0, 0.05) is 21.0 Å². The van der Waals surface area contributed by atoms with Gasteiger partial charge in [-0.15, -0.1) is 0 Å². The van der Waals surface area contributed by atoms with E-state index in [9.17, 15) is 9.59 Å². The largest absolute Gasteiger partial charge is 0.493 e. The number of carbonyl (C=O) groups is 2. The van der Waals surface area contributed by atoms with Crippen molar-refractivity contribution in [1.29, 1.82) is 0 Å². The van der Waals surface area contributed by atoms with E-state index in [-0.39, 0.29) is 12.4 Å². The van der Waals surface area contributed by atoms with Gasteiger partial charge in [0.1, 0.15) is 0 Å². The van der Waals surface area contributed by atoms with Gasteiger partial charge in [-0.2, -0.15) is 0 Å². The lowest BCUT2D eigenvalue weighted by molar-refractivity contribution is 0.0476. The van der Waals surface area contributed by atoms with E-state index in [1.807, 2.05) is 30.3 Å². The van der Waals surface area contributed by atoms with Gasteiger partial charge in [-0.3, -0.25) is 4.79 Å². The molecule has 0 atom stereocenters. The van der Waals surface area contributed by atoms with Crippen LogP contribution in [0.4, 0.5) is 0 Å². The van der Waals surface area contributed by atoms with E-state index in [1.165, 1.54) is 0 Å². The molecule has 166 valence electrons. The Hall–Kier alpha value is -3.71. The summed E-state index contributed by atoms with van der Waals surface area (Å²) < 4.78 is 16.9. The van der Waals surface area contributed by atoms with E-state index < -0.39 is 5.97 Å². The summed E-state index contributed by atoms with van der Waals surface area (Å²) in [4.78, 5) is 30.2. The van der Waals surface area contributed by atoms with Crippen LogP contribution in [0.25, 0.3) is 22.2 Å². The third-order valence-electron chi connectivity index (χ3n) is 5.10. The molecule has 0 spiro atoms. The zero-order valence-electron chi connectivity index (χ0n) is 18.0. The van der Waals surface area contributed by atoms with E-state index in [2.05, 4.69) is 15.9 Å². The fourth-order valence-corrected chi connectivity index (χ4v) is 3.84. The van der Waals surface area contributed by atoms with Crippen LogP contribution in [0.1, 0.15) is 20.7 Å². The smallest absolute Gasteiger partial charge is 0.339 e. The van der Waals surface area contributed by atoms with Crippen molar-refractivity contribution < 1.29 is 23.8 Å². The number of hydrogen-bond donors (Lipinski definition) is 0. The van der Waals surface area contributed by atoms with Gasteiger partial charge >= 0.3 is 5.97 Å². The molecule has 3 aromatic carbocycles. The number of hydrogen-bond acceptors (Lipinski definition) is 6. The van der Waals surface area contributed by atoms with Crippen LogP contribution in [0.15, 0.2) is 77.3 Å². The molecule has 7 heteroatoms. The molecule has 0 aliphatic carbocycles. The molecule has 0 unspecified atom stereocenters. The lowest BCUT2D eigenvalue weighted by Crippen LogP contribution is -2.15. The molecule has 0 saturated heterocycles. The average Bonchev–Trinajstić information content (AvgIpc) is 2.85. The Morgan fingerprint density at radius 1 is 0.879 bits per heavy atom. The van der Waals surface area contributed by atoms with Crippen LogP contribution in [0, 0.1) is 0 Å². The van der Waals surface area contributed by atoms with Gasteiger partial charge in [0.05, 0.1) is 31.0 Å². The molecule has 33 heavy (non-hydrogen) atoms. The molecule has 1 heterocycles. The number of methoxy groups -OCH3 is 2. The summed E-state index contributed by atoms with van der Waals surface area (Å²) in [6.07, 6.45) is 0. The highest BCUT2D eigenvalue weighted by atomic mass is 79.9. The van der Waals surface area contributed by atoms with Gasteiger partial charge in [-0.1, -0.05) is 46.3 Å². The highest BCUT2D eigenvalue weighted by Gasteiger charge is 2.18.